The molecule has 1 aromatic rings. The molecule has 0 bridgehead atoms. The van der Waals surface area contributed by atoms with Gasteiger partial charge in [-0.25, -0.2) is 0 Å². The van der Waals surface area contributed by atoms with E-state index in [1.165, 1.54) is 18.7 Å². The van der Waals surface area contributed by atoms with Gasteiger partial charge in [0.2, 0.25) is 0 Å². The van der Waals surface area contributed by atoms with Crippen LogP contribution in [-0.2, 0) is 13.1 Å². The van der Waals surface area contributed by atoms with Crippen LogP contribution in [-0.4, -0.2) is 18.6 Å². The number of thiophene rings is 1. The standard InChI is InChI=1S/C9H14NS/c1-7-6-11-9-5-10(2,3)4-8(7)9/h6H,4-5H2,1-3H3/q+1. The molecule has 1 aliphatic rings. The van der Waals surface area contributed by atoms with Crippen molar-refractivity contribution in [1.29, 1.82) is 0 Å². The second-order valence-corrected chi connectivity index (χ2v) is 5.04. The summed E-state index contributed by atoms with van der Waals surface area (Å²) in [6.45, 7) is 4.68. The Bertz CT molecular complexity index is 286. The molecule has 0 saturated heterocycles. The Morgan fingerprint density at radius 1 is 1.36 bits per heavy atom. The van der Waals surface area contributed by atoms with Crippen LogP contribution >= 0.6 is 11.3 Å². The molecule has 11 heavy (non-hydrogen) atoms. The van der Waals surface area contributed by atoms with Gasteiger partial charge in [0.15, 0.2) is 0 Å². The van der Waals surface area contributed by atoms with Gasteiger partial charge in [0, 0.05) is 5.56 Å². The predicted octanol–water partition coefficient (Wildman–Crippen LogP) is 2.15. The van der Waals surface area contributed by atoms with Gasteiger partial charge in [-0.3, -0.25) is 0 Å². The maximum atomic E-state index is 2.30. The maximum absolute atomic E-state index is 2.30. The first-order valence-electron chi connectivity index (χ1n) is 3.96. The quantitative estimate of drug-likeness (QED) is 0.521. The molecule has 1 aliphatic heterocycles. The molecule has 0 saturated carbocycles. The minimum atomic E-state index is 1.14. The Kier molecular flexibility index (Phi) is 1.38. The molecule has 1 aromatic heterocycles. The van der Waals surface area contributed by atoms with Gasteiger partial charge < -0.3 is 4.48 Å². The predicted molar refractivity (Wildman–Crippen MR) is 48.6 cm³/mol. The van der Waals surface area contributed by atoms with Gasteiger partial charge in [-0.2, -0.15) is 0 Å². The Labute approximate surface area is 71.9 Å². The molecule has 1 nitrogen and oxygen atoms in total. The van der Waals surface area contributed by atoms with Crippen molar-refractivity contribution in [3.05, 3.63) is 21.4 Å². The van der Waals surface area contributed by atoms with E-state index in [1.807, 2.05) is 11.3 Å². The Hall–Kier alpha value is -0.340. The molecule has 0 radical (unpaired) electrons. The molecule has 2 heterocycles. The number of hydrogen-bond acceptors (Lipinski definition) is 1. The van der Waals surface area contributed by atoms with Crippen LogP contribution in [0.5, 0.6) is 0 Å². The summed E-state index contributed by atoms with van der Waals surface area (Å²) in [6, 6.07) is 0. The minimum absolute atomic E-state index is 1.14. The lowest BCUT2D eigenvalue weighted by Crippen LogP contribution is -2.32. The van der Waals surface area contributed by atoms with Crippen molar-refractivity contribution in [2.45, 2.75) is 20.0 Å². The summed E-state index contributed by atoms with van der Waals surface area (Å²) in [5.41, 5.74) is 3.11. The number of fused-ring (bicyclic) bond motifs is 1. The lowest BCUT2D eigenvalue weighted by Gasteiger charge is -2.22. The van der Waals surface area contributed by atoms with Crippen molar-refractivity contribution in [3.63, 3.8) is 0 Å². The third-order valence-corrected chi connectivity index (χ3v) is 3.48. The average molecular weight is 168 g/mol. The van der Waals surface area contributed by atoms with Crippen molar-refractivity contribution < 1.29 is 4.48 Å². The fourth-order valence-corrected chi connectivity index (χ4v) is 2.99. The molecule has 0 spiro atoms. The van der Waals surface area contributed by atoms with E-state index < -0.39 is 0 Å². The Morgan fingerprint density at radius 3 is 2.73 bits per heavy atom. The van der Waals surface area contributed by atoms with E-state index >= 15 is 0 Å². The van der Waals surface area contributed by atoms with Crippen molar-refractivity contribution in [2.24, 2.45) is 0 Å². The van der Waals surface area contributed by atoms with Crippen LogP contribution in [0.3, 0.4) is 0 Å². The van der Waals surface area contributed by atoms with Gasteiger partial charge in [0.1, 0.15) is 13.1 Å². The van der Waals surface area contributed by atoms with E-state index in [-0.39, 0.29) is 0 Å². The molecular formula is C9H14NS+. The summed E-state index contributed by atoms with van der Waals surface area (Å²) in [6.07, 6.45) is 0. The maximum Gasteiger partial charge on any atom is 0.114 e. The van der Waals surface area contributed by atoms with Crippen LogP contribution < -0.4 is 0 Å². The third-order valence-electron chi connectivity index (χ3n) is 2.35. The number of aryl methyl sites for hydroxylation is 1. The van der Waals surface area contributed by atoms with Crippen LogP contribution in [0.2, 0.25) is 0 Å². The van der Waals surface area contributed by atoms with E-state index in [0.717, 1.165) is 4.48 Å². The van der Waals surface area contributed by atoms with E-state index in [4.69, 9.17) is 0 Å². The van der Waals surface area contributed by atoms with Crippen LogP contribution in [0.25, 0.3) is 0 Å². The molecule has 2 rings (SSSR count). The summed E-state index contributed by atoms with van der Waals surface area (Å²) in [4.78, 5) is 1.60. The molecule has 0 unspecified atom stereocenters. The zero-order valence-electron chi connectivity index (χ0n) is 7.35. The normalized spacial score (nSPS) is 20.3. The largest absolute Gasteiger partial charge is 0.320 e. The highest BCUT2D eigenvalue weighted by Gasteiger charge is 2.29. The SMILES string of the molecule is Cc1csc2c1C[N+](C)(C)C2. The summed E-state index contributed by atoms with van der Waals surface area (Å²) >= 11 is 1.93. The van der Waals surface area contributed by atoms with Crippen molar-refractivity contribution in [2.75, 3.05) is 14.1 Å². The number of nitrogens with zero attached hydrogens (tertiary/aromatic N) is 1. The van der Waals surface area contributed by atoms with Gasteiger partial charge in [0.05, 0.1) is 19.0 Å². The average Bonchev–Trinajstić information content (AvgIpc) is 2.31. The number of hydrogen-bond donors (Lipinski definition) is 0. The molecule has 0 amide bonds. The lowest BCUT2D eigenvalue weighted by atomic mass is 10.2. The molecule has 0 N–H and O–H groups in total. The van der Waals surface area contributed by atoms with Gasteiger partial charge in [0.25, 0.3) is 0 Å². The van der Waals surface area contributed by atoms with E-state index in [1.54, 1.807) is 10.4 Å². The van der Waals surface area contributed by atoms with E-state index in [0.29, 0.717) is 0 Å². The van der Waals surface area contributed by atoms with Crippen LogP contribution in [0.1, 0.15) is 16.0 Å². The topological polar surface area (TPSA) is 0 Å². The van der Waals surface area contributed by atoms with Crippen LogP contribution in [0.15, 0.2) is 5.38 Å². The zero-order valence-corrected chi connectivity index (χ0v) is 8.16. The van der Waals surface area contributed by atoms with Crippen molar-refractivity contribution >= 4 is 11.3 Å². The first-order chi connectivity index (χ1) is 5.08. The smallest absolute Gasteiger partial charge is 0.114 e. The first-order valence-corrected chi connectivity index (χ1v) is 4.84. The Morgan fingerprint density at radius 2 is 2.09 bits per heavy atom. The van der Waals surface area contributed by atoms with Gasteiger partial charge >= 0.3 is 0 Å². The number of rotatable bonds is 0. The molecule has 60 valence electrons. The highest BCUT2D eigenvalue weighted by molar-refractivity contribution is 7.10. The number of quaternary nitrogens is 1. The second kappa shape index (κ2) is 2.08. The summed E-state index contributed by atoms with van der Waals surface area (Å²) < 4.78 is 1.14. The second-order valence-electron chi connectivity index (χ2n) is 4.07. The molecule has 0 fully saturated rings. The summed E-state index contributed by atoms with van der Waals surface area (Å²) in [7, 11) is 4.60. The monoisotopic (exact) mass is 168 g/mol. The fourth-order valence-electron chi connectivity index (χ4n) is 1.74. The lowest BCUT2D eigenvalue weighted by molar-refractivity contribution is -0.909. The van der Waals surface area contributed by atoms with Crippen molar-refractivity contribution in [3.8, 4) is 0 Å². The van der Waals surface area contributed by atoms with Gasteiger partial charge in [-0.1, -0.05) is 0 Å². The molecular weight excluding hydrogens is 154 g/mol. The molecule has 0 aliphatic carbocycles. The van der Waals surface area contributed by atoms with E-state index in [2.05, 4.69) is 26.4 Å². The molecule has 0 atom stereocenters. The fraction of sp³-hybridized carbons (Fsp3) is 0.556. The highest BCUT2D eigenvalue weighted by Crippen LogP contribution is 2.33. The summed E-state index contributed by atoms with van der Waals surface area (Å²) in [5, 5.41) is 2.28. The first kappa shape index (κ1) is 7.32. The van der Waals surface area contributed by atoms with E-state index in [9.17, 15) is 0 Å². The minimum Gasteiger partial charge on any atom is -0.320 e. The van der Waals surface area contributed by atoms with Gasteiger partial charge in [-0.05, 0) is 17.9 Å². The molecule has 0 aromatic carbocycles. The van der Waals surface area contributed by atoms with Crippen LogP contribution in [0.4, 0.5) is 0 Å². The van der Waals surface area contributed by atoms with Crippen molar-refractivity contribution in [1.82, 2.24) is 0 Å². The van der Waals surface area contributed by atoms with Crippen LogP contribution in [0, 0.1) is 6.92 Å². The van der Waals surface area contributed by atoms with Gasteiger partial charge in [-0.15, -0.1) is 11.3 Å². The highest BCUT2D eigenvalue weighted by atomic mass is 32.1. The zero-order chi connectivity index (χ0) is 8.06. The summed E-state index contributed by atoms with van der Waals surface area (Å²) in [5.74, 6) is 0. The Balaban J connectivity index is 2.42. The third kappa shape index (κ3) is 1.10. The molecule has 2 heteroatoms.